The van der Waals surface area contributed by atoms with Crippen molar-refractivity contribution in [3.63, 3.8) is 0 Å². The number of fused-ring (bicyclic) bond motifs is 1. The van der Waals surface area contributed by atoms with Gasteiger partial charge in [-0.15, -0.1) is 0 Å². The third-order valence-corrected chi connectivity index (χ3v) is 7.50. The molecule has 34 heavy (non-hydrogen) atoms. The summed E-state index contributed by atoms with van der Waals surface area (Å²) in [6.07, 6.45) is 12.1. The number of anilines is 2. The largest absolute Gasteiger partial charge is 0.381 e. The highest BCUT2D eigenvalue weighted by molar-refractivity contribution is 6.00. The summed E-state index contributed by atoms with van der Waals surface area (Å²) in [5.41, 5.74) is 1.64. The Morgan fingerprint density at radius 2 is 2.12 bits per heavy atom. The number of rotatable bonds is 8. The molecule has 10 nitrogen and oxygen atoms in total. The second-order valence-corrected chi connectivity index (χ2v) is 9.47. The SMILES string of the molecule is CNc1cc(NC2=CC=CN([C@H]3C[C@H](OC)C3)C2)nc2c(C(=O)N[C@H]3CC[C@]3(C)OC)cnn12. The van der Waals surface area contributed by atoms with E-state index in [1.54, 1.807) is 24.9 Å². The highest BCUT2D eigenvalue weighted by Crippen LogP contribution is 2.35. The maximum absolute atomic E-state index is 13.1. The smallest absolute Gasteiger partial charge is 0.257 e. The molecule has 2 aromatic rings. The number of nitrogens with zero attached hydrogens (tertiary/aromatic N) is 4. The van der Waals surface area contributed by atoms with Gasteiger partial charge in [0.15, 0.2) is 5.65 Å². The van der Waals surface area contributed by atoms with Crippen molar-refractivity contribution in [3.8, 4) is 0 Å². The van der Waals surface area contributed by atoms with Crippen LogP contribution in [0.2, 0.25) is 0 Å². The highest BCUT2D eigenvalue weighted by Gasteiger charge is 2.44. The summed E-state index contributed by atoms with van der Waals surface area (Å²) in [6.45, 7) is 2.79. The second kappa shape index (κ2) is 8.92. The average molecular weight is 468 g/mol. The molecule has 0 unspecified atom stereocenters. The minimum absolute atomic E-state index is 0.0283. The lowest BCUT2D eigenvalue weighted by Crippen LogP contribution is -2.59. The van der Waals surface area contributed by atoms with Gasteiger partial charge in [0.05, 0.1) is 30.5 Å². The van der Waals surface area contributed by atoms with Crippen molar-refractivity contribution in [1.82, 2.24) is 24.8 Å². The molecule has 0 radical (unpaired) electrons. The Bertz CT molecular complexity index is 1130. The van der Waals surface area contributed by atoms with Crippen LogP contribution in [0.5, 0.6) is 0 Å². The number of carbonyl (C=O) groups is 1. The van der Waals surface area contributed by atoms with Crippen LogP contribution in [0, 0.1) is 0 Å². The summed E-state index contributed by atoms with van der Waals surface area (Å²) in [6, 6.07) is 2.35. The van der Waals surface area contributed by atoms with E-state index in [0.717, 1.165) is 43.7 Å². The Morgan fingerprint density at radius 3 is 2.79 bits per heavy atom. The van der Waals surface area contributed by atoms with Crippen LogP contribution < -0.4 is 16.0 Å². The van der Waals surface area contributed by atoms with Gasteiger partial charge in [-0.3, -0.25) is 4.79 Å². The molecule has 3 heterocycles. The number of allylic oxidation sites excluding steroid dienone is 2. The van der Waals surface area contributed by atoms with Gasteiger partial charge in [0.25, 0.3) is 5.91 Å². The van der Waals surface area contributed by atoms with E-state index in [1.165, 1.54) is 0 Å². The third kappa shape index (κ3) is 4.01. The lowest BCUT2D eigenvalue weighted by atomic mass is 9.76. The molecule has 2 atom stereocenters. The monoisotopic (exact) mass is 467 g/mol. The zero-order chi connectivity index (χ0) is 23.9. The number of aromatic nitrogens is 3. The van der Waals surface area contributed by atoms with Gasteiger partial charge in [-0.05, 0) is 51.0 Å². The lowest BCUT2D eigenvalue weighted by Gasteiger charge is -2.45. The van der Waals surface area contributed by atoms with Crippen LogP contribution >= 0.6 is 0 Å². The van der Waals surface area contributed by atoms with Gasteiger partial charge in [0, 0.05) is 39.1 Å². The fourth-order valence-electron chi connectivity index (χ4n) is 4.83. The topological polar surface area (TPSA) is 105 Å². The standard InChI is InChI=1S/C24H33N7O3/c1-24(34-4)8-7-19(24)28-23(32)18-13-26-31-21(25-2)12-20(29-22(18)31)27-15-6-5-9-30(14-15)16-10-17(11-16)33-3/h5-6,9,12-13,16-17,19,25H,7-8,10-11,14H2,1-4H3,(H,27,29)(H,28,32)/t16-,17-,19-,24-/m0/s1. The van der Waals surface area contributed by atoms with Crippen LogP contribution in [0.1, 0.15) is 43.0 Å². The molecule has 1 aliphatic heterocycles. The van der Waals surface area contributed by atoms with Crippen LogP contribution in [0.15, 0.2) is 36.3 Å². The first-order valence-corrected chi connectivity index (χ1v) is 11.8. The molecular formula is C24H33N7O3. The van der Waals surface area contributed by atoms with E-state index in [1.807, 2.05) is 26.1 Å². The molecule has 2 saturated carbocycles. The molecule has 2 aliphatic carbocycles. The number of hydrogen-bond acceptors (Lipinski definition) is 8. The van der Waals surface area contributed by atoms with E-state index < -0.39 is 0 Å². The van der Waals surface area contributed by atoms with Crippen LogP contribution in [0.25, 0.3) is 5.65 Å². The second-order valence-electron chi connectivity index (χ2n) is 9.47. The summed E-state index contributed by atoms with van der Waals surface area (Å²) in [5.74, 6) is 1.20. The van der Waals surface area contributed by atoms with E-state index in [4.69, 9.17) is 14.5 Å². The van der Waals surface area contributed by atoms with Gasteiger partial charge in [0.2, 0.25) is 0 Å². The first-order chi connectivity index (χ1) is 16.4. The van der Waals surface area contributed by atoms with Crippen molar-refractivity contribution in [2.24, 2.45) is 0 Å². The summed E-state index contributed by atoms with van der Waals surface area (Å²) >= 11 is 0. The minimum Gasteiger partial charge on any atom is -0.381 e. The average Bonchev–Trinajstić information content (AvgIpc) is 3.24. The van der Waals surface area contributed by atoms with E-state index in [9.17, 15) is 4.79 Å². The Morgan fingerprint density at radius 1 is 1.29 bits per heavy atom. The van der Waals surface area contributed by atoms with Crippen molar-refractivity contribution >= 4 is 23.2 Å². The van der Waals surface area contributed by atoms with E-state index >= 15 is 0 Å². The van der Waals surface area contributed by atoms with E-state index in [-0.39, 0.29) is 17.6 Å². The van der Waals surface area contributed by atoms with Gasteiger partial charge in [-0.1, -0.05) is 0 Å². The molecule has 3 N–H and O–H groups in total. The summed E-state index contributed by atoms with van der Waals surface area (Å²) in [5, 5.41) is 14.1. The van der Waals surface area contributed by atoms with Gasteiger partial charge >= 0.3 is 0 Å². The predicted molar refractivity (Wildman–Crippen MR) is 130 cm³/mol. The first-order valence-electron chi connectivity index (χ1n) is 11.8. The molecule has 0 spiro atoms. The predicted octanol–water partition coefficient (Wildman–Crippen LogP) is 2.37. The fourth-order valence-corrected chi connectivity index (χ4v) is 4.83. The Hall–Kier alpha value is -3.11. The summed E-state index contributed by atoms with van der Waals surface area (Å²) < 4.78 is 12.7. The van der Waals surface area contributed by atoms with Crippen LogP contribution in [-0.4, -0.2) is 77.0 Å². The van der Waals surface area contributed by atoms with Crippen LogP contribution in [0.4, 0.5) is 11.6 Å². The fraction of sp³-hybridized carbons (Fsp3) is 0.542. The van der Waals surface area contributed by atoms with Crippen molar-refractivity contribution in [2.75, 3.05) is 38.4 Å². The number of carbonyl (C=O) groups excluding carboxylic acids is 1. The molecule has 0 saturated heterocycles. The van der Waals surface area contributed by atoms with Gasteiger partial charge in [0.1, 0.15) is 17.2 Å². The van der Waals surface area contributed by atoms with Gasteiger partial charge < -0.3 is 30.3 Å². The minimum atomic E-state index is -0.328. The number of hydrogen-bond donors (Lipinski definition) is 3. The molecule has 0 bridgehead atoms. The van der Waals surface area contributed by atoms with E-state index in [2.05, 4.69) is 38.2 Å². The Balaban J connectivity index is 1.34. The molecule has 182 valence electrons. The highest BCUT2D eigenvalue weighted by atomic mass is 16.5. The van der Waals surface area contributed by atoms with Crippen molar-refractivity contribution in [1.29, 1.82) is 0 Å². The first kappa shape index (κ1) is 22.7. The van der Waals surface area contributed by atoms with E-state index in [0.29, 0.717) is 29.2 Å². The maximum Gasteiger partial charge on any atom is 0.257 e. The van der Waals surface area contributed by atoms with Crippen molar-refractivity contribution in [2.45, 2.75) is 56.4 Å². The number of nitrogens with one attached hydrogen (secondary N) is 3. The molecular weight excluding hydrogens is 434 g/mol. The number of methoxy groups -OCH3 is 2. The lowest BCUT2D eigenvalue weighted by molar-refractivity contribution is -0.0828. The Labute approximate surface area is 199 Å². The van der Waals surface area contributed by atoms with Gasteiger partial charge in [-0.25, -0.2) is 4.98 Å². The van der Waals surface area contributed by atoms with Crippen LogP contribution in [0.3, 0.4) is 0 Å². The molecule has 1 amide bonds. The van der Waals surface area contributed by atoms with Crippen molar-refractivity contribution < 1.29 is 14.3 Å². The number of amides is 1. The number of ether oxygens (including phenoxy) is 2. The Kier molecular flexibility index (Phi) is 5.95. The molecule has 10 heteroatoms. The molecule has 2 fully saturated rings. The molecule has 5 rings (SSSR count). The molecule has 2 aromatic heterocycles. The van der Waals surface area contributed by atoms with Gasteiger partial charge in [-0.2, -0.15) is 9.61 Å². The molecule has 0 aromatic carbocycles. The quantitative estimate of drug-likeness (QED) is 0.544. The zero-order valence-electron chi connectivity index (χ0n) is 20.2. The summed E-state index contributed by atoms with van der Waals surface area (Å²) in [4.78, 5) is 20.2. The molecule has 3 aliphatic rings. The van der Waals surface area contributed by atoms with Crippen LogP contribution in [-0.2, 0) is 9.47 Å². The zero-order valence-corrected chi connectivity index (χ0v) is 20.2. The van der Waals surface area contributed by atoms with Crippen molar-refractivity contribution in [3.05, 3.63) is 41.9 Å². The maximum atomic E-state index is 13.1. The normalized spacial score (nSPS) is 28.2. The summed E-state index contributed by atoms with van der Waals surface area (Å²) in [7, 11) is 5.28. The third-order valence-electron chi connectivity index (χ3n) is 7.50.